The zero-order valence-electron chi connectivity index (χ0n) is 14.6. The summed E-state index contributed by atoms with van der Waals surface area (Å²) in [6.45, 7) is 10.6. The molecule has 1 aliphatic heterocycles. The van der Waals surface area contributed by atoms with Crippen LogP contribution in [0.25, 0.3) is 0 Å². The van der Waals surface area contributed by atoms with Gasteiger partial charge in [-0.25, -0.2) is 0 Å². The third-order valence-electron chi connectivity index (χ3n) is 4.20. The third kappa shape index (κ3) is 3.00. The zero-order valence-corrected chi connectivity index (χ0v) is 14.6. The Morgan fingerprint density at radius 1 is 1.13 bits per heavy atom. The van der Waals surface area contributed by atoms with Crippen molar-refractivity contribution in [1.29, 1.82) is 0 Å². The lowest BCUT2D eigenvalue weighted by atomic mass is 9.80. The van der Waals surface area contributed by atoms with Gasteiger partial charge < -0.3 is 5.32 Å². The molecule has 0 saturated carbocycles. The maximum atomic E-state index is 12.7. The summed E-state index contributed by atoms with van der Waals surface area (Å²) in [5.74, 6) is -2.20. The van der Waals surface area contributed by atoms with Gasteiger partial charge in [-0.05, 0) is 53.7 Å². The maximum Gasteiger partial charge on any atom is 0.243 e. The molecule has 3 amide bonds. The van der Waals surface area contributed by atoms with Gasteiger partial charge in [0.2, 0.25) is 17.7 Å². The molecule has 1 aliphatic rings. The van der Waals surface area contributed by atoms with Crippen LogP contribution in [0.2, 0.25) is 0 Å². The first-order valence-corrected chi connectivity index (χ1v) is 7.72. The molecule has 1 N–H and O–H groups in total. The van der Waals surface area contributed by atoms with Crippen LogP contribution in [0.1, 0.15) is 40.2 Å². The van der Waals surface area contributed by atoms with Crippen molar-refractivity contribution >= 4 is 23.4 Å². The van der Waals surface area contributed by atoms with Crippen molar-refractivity contribution in [1.82, 2.24) is 4.90 Å². The van der Waals surface area contributed by atoms with E-state index in [1.807, 2.05) is 19.1 Å². The molecule has 1 saturated heterocycles. The minimum absolute atomic E-state index is 0.306. The lowest BCUT2D eigenvalue weighted by Gasteiger charge is -2.30. The van der Waals surface area contributed by atoms with Crippen LogP contribution in [0.4, 0.5) is 5.69 Å². The van der Waals surface area contributed by atoms with E-state index in [1.165, 1.54) is 4.90 Å². The number of nitrogens with one attached hydrogen (secondary N) is 1. The Hall–Kier alpha value is -2.17. The van der Waals surface area contributed by atoms with Crippen molar-refractivity contribution in [3.63, 3.8) is 0 Å². The topological polar surface area (TPSA) is 66.5 Å². The summed E-state index contributed by atoms with van der Waals surface area (Å²) in [6.07, 6.45) is 0. The van der Waals surface area contributed by atoms with Crippen molar-refractivity contribution in [2.45, 2.75) is 47.1 Å². The number of carbonyl (C=O) groups is 3. The van der Waals surface area contributed by atoms with E-state index in [0.717, 1.165) is 5.56 Å². The van der Waals surface area contributed by atoms with Gasteiger partial charge in [0, 0.05) is 11.2 Å². The summed E-state index contributed by atoms with van der Waals surface area (Å²) in [5.41, 5.74) is -0.0102. The van der Waals surface area contributed by atoms with E-state index in [4.69, 9.17) is 0 Å². The highest BCUT2D eigenvalue weighted by atomic mass is 16.2. The van der Waals surface area contributed by atoms with Crippen molar-refractivity contribution in [2.75, 3.05) is 5.32 Å². The Morgan fingerprint density at radius 2 is 1.65 bits per heavy atom. The van der Waals surface area contributed by atoms with Crippen molar-refractivity contribution in [2.24, 2.45) is 11.3 Å². The predicted octanol–water partition coefficient (Wildman–Crippen LogP) is 2.74. The summed E-state index contributed by atoms with van der Waals surface area (Å²) < 4.78 is 0. The minimum Gasteiger partial charge on any atom is -0.325 e. The highest BCUT2D eigenvalue weighted by molar-refractivity contribution is 6.19. The molecule has 1 atom stereocenters. The molecule has 2 rings (SSSR count). The normalized spacial score (nSPS) is 20.8. The van der Waals surface area contributed by atoms with E-state index in [0.29, 0.717) is 5.69 Å². The molecule has 1 heterocycles. The fourth-order valence-corrected chi connectivity index (χ4v) is 2.88. The monoisotopic (exact) mass is 316 g/mol. The van der Waals surface area contributed by atoms with Crippen LogP contribution in [-0.2, 0) is 14.4 Å². The Balaban J connectivity index is 2.30. The Kier molecular flexibility index (Phi) is 4.09. The first kappa shape index (κ1) is 17.2. The summed E-state index contributed by atoms with van der Waals surface area (Å²) in [4.78, 5) is 39.2. The molecule has 1 aromatic carbocycles. The molecule has 1 unspecified atom stereocenters. The van der Waals surface area contributed by atoms with Gasteiger partial charge in [-0.2, -0.15) is 0 Å². The van der Waals surface area contributed by atoms with Gasteiger partial charge in [0.1, 0.15) is 5.92 Å². The average Bonchev–Trinajstić information content (AvgIpc) is 2.57. The van der Waals surface area contributed by atoms with Crippen LogP contribution in [0.5, 0.6) is 0 Å². The van der Waals surface area contributed by atoms with Crippen LogP contribution in [0, 0.1) is 18.3 Å². The number of hydrogen-bond donors (Lipinski definition) is 1. The molecular weight excluding hydrogens is 292 g/mol. The number of likely N-dealkylation sites (tertiary alicyclic amines) is 1. The van der Waals surface area contributed by atoms with Gasteiger partial charge in [0.05, 0.1) is 5.41 Å². The second-order valence-corrected chi connectivity index (χ2v) is 7.66. The maximum absolute atomic E-state index is 12.7. The van der Waals surface area contributed by atoms with Gasteiger partial charge in [-0.3, -0.25) is 19.3 Å². The Bertz CT molecular complexity index is 654. The first-order chi connectivity index (χ1) is 10.5. The number of imide groups is 1. The van der Waals surface area contributed by atoms with Crippen LogP contribution < -0.4 is 5.32 Å². The smallest absolute Gasteiger partial charge is 0.243 e. The first-order valence-electron chi connectivity index (χ1n) is 7.72. The average molecular weight is 316 g/mol. The molecule has 0 spiro atoms. The summed E-state index contributed by atoms with van der Waals surface area (Å²) in [5, 5.41) is 2.75. The minimum atomic E-state index is -1.06. The van der Waals surface area contributed by atoms with Crippen molar-refractivity contribution < 1.29 is 14.4 Å². The van der Waals surface area contributed by atoms with Gasteiger partial charge >= 0.3 is 0 Å². The molecule has 23 heavy (non-hydrogen) atoms. The molecular formula is C18H24N2O3. The quantitative estimate of drug-likeness (QED) is 0.674. The number of aryl methyl sites for hydroxylation is 1. The molecule has 124 valence electrons. The number of anilines is 1. The molecule has 0 aliphatic carbocycles. The number of hydrogen-bond acceptors (Lipinski definition) is 3. The van der Waals surface area contributed by atoms with Crippen molar-refractivity contribution in [3.05, 3.63) is 29.8 Å². The summed E-state index contributed by atoms with van der Waals surface area (Å²) in [6, 6.07) is 7.32. The second-order valence-electron chi connectivity index (χ2n) is 7.66. The third-order valence-corrected chi connectivity index (χ3v) is 4.20. The molecule has 1 aromatic rings. The second kappa shape index (κ2) is 5.48. The van der Waals surface area contributed by atoms with E-state index in [-0.39, 0.29) is 5.91 Å². The Morgan fingerprint density at radius 3 is 2.09 bits per heavy atom. The molecule has 5 nitrogen and oxygen atoms in total. The van der Waals surface area contributed by atoms with Crippen molar-refractivity contribution in [3.8, 4) is 0 Å². The lowest BCUT2D eigenvalue weighted by Crippen LogP contribution is -2.46. The summed E-state index contributed by atoms with van der Waals surface area (Å²) in [7, 11) is 0. The van der Waals surface area contributed by atoms with E-state index in [1.54, 1.807) is 46.8 Å². The fourth-order valence-electron chi connectivity index (χ4n) is 2.88. The zero-order chi connectivity index (χ0) is 17.6. The number of rotatable bonds is 2. The molecule has 5 heteroatoms. The van der Waals surface area contributed by atoms with E-state index in [2.05, 4.69) is 5.32 Å². The van der Waals surface area contributed by atoms with Crippen LogP contribution in [-0.4, -0.2) is 28.2 Å². The number of nitrogens with zero attached hydrogens (tertiary/aromatic N) is 1. The molecule has 0 aromatic heterocycles. The Labute approximate surface area is 137 Å². The van der Waals surface area contributed by atoms with Gasteiger partial charge in [-0.1, -0.05) is 17.7 Å². The van der Waals surface area contributed by atoms with Gasteiger partial charge in [0.15, 0.2) is 0 Å². The van der Waals surface area contributed by atoms with Crippen LogP contribution >= 0.6 is 0 Å². The summed E-state index contributed by atoms with van der Waals surface area (Å²) >= 11 is 0. The molecule has 0 bridgehead atoms. The highest BCUT2D eigenvalue weighted by Crippen LogP contribution is 2.41. The number of benzene rings is 1. The van der Waals surface area contributed by atoms with E-state index < -0.39 is 28.7 Å². The standard InChI is InChI=1S/C18H24N2O3/c1-11-7-9-12(10-8-11)19-14(21)13-15(22)20(17(2,3)4)16(23)18(13,5)6/h7-10,13H,1-6H3,(H,19,21). The van der Waals surface area contributed by atoms with E-state index >= 15 is 0 Å². The van der Waals surface area contributed by atoms with E-state index in [9.17, 15) is 14.4 Å². The number of carbonyl (C=O) groups excluding carboxylic acids is 3. The highest BCUT2D eigenvalue weighted by Gasteiger charge is 2.59. The SMILES string of the molecule is Cc1ccc(NC(=O)C2C(=O)N(C(C)(C)C)C(=O)C2(C)C)cc1. The van der Waals surface area contributed by atoms with Gasteiger partial charge in [-0.15, -0.1) is 0 Å². The molecule has 1 fully saturated rings. The number of amides is 3. The molecule has 0 radical (unpaired) electrons. The fraction of sp³-hybridized carbons (Fsp3) is 0.500. The lowest BCUT2D eigenvalue weighted by molar-refractivity contribution is -0.146. The van der Waals surface area contributed by atoms with Gasteiger partial charge in [0.25, 0.3) is 0 Å². The largest absolute Gasteiger partial charge is 0.325 e. The van der Waals surface area contributed by atoms with Crippen LogP contribution in [0.15, 0.2) is 24.3 Å². The van der Waals surface area contributed by atoms with Crippen LogP contribution in [0.3, 0.4) is 0 Å². The predicted molar refractivity (Wildman–Crippen MR) is 88.7 cm³/mol.